The van der Waals surface area contributed by atoms with Crippen LogP contribution in [0.4, 0.5) is 11.8 Å². The molecule has 0 bridgehead atoms. The van der Waals surface area contributed by atoms with E-state index >= 15 is 0 Å². The Balaban J connectivity index is 2.06. The van der Waals surface area contributed by atoms with E-state index in [2.05, 4.69) is 22.2 Å². The molecule has 0 unspecified atom stereocenters. The molecule has 1 aromatic rings. The Kier molecular flexibility index (Phi) is 2.75. The van der Waals surface area contributed by atoms with Gasteiger partial charge in [-0.3, -0.25) is 0 Å². The zero-order valence-electron chi connectivity index (χ0n) is 9.16. The molecular formula is C11H18N4. The molecule has 0 spiro atoms. The lowest BCUT2D eigenvalue weighted by Crippen LogP contribution is -2.37. The van der Waals surface area contributed by atoms with E-state index in [9.17, 15) is 0 Å². The average molecular weight is 206 g/mol. The largest absolute Gasteiger partial charge is 0.384 e. The zero-order chi connectivity index (χ0) is 10.7. The molecule has 15 heavy (non-hydrogen) atoms. The highest BCUT2D eigenvalue weighted by molar-refractivity contribution is 5.37. The van der Waals surface area contributed by atoms with Gasteiger partial charge in [0.15, 0.2) is 0 Å². The third-order valence-electron chi connectivity index (χ3n) is 3.05. The lowest BCUT2D eigenvalue weighted by atomic mass is 9.83. The van der Waals surface area contributed by atoms with Crippen LogP contribution < -0.4 is 11.1 Å². The maximum atomic E-state index is 5.62. The number of anilines is 2. The number of rotatable bonds is 2. The van der Waals surface area contributed by atoms with Crippen molar-refractivity contribution in [3.8, 4) is 0 Å². The number of nitrogen functional groups attached to an aromatic ring is 1. The van der Waals surface area contributed by atoms with Gasteiger partial charge in [-0.15, -0.1) is 0 Å². The van der Waals surface area contributed by atoms with E-state index < -0.39 is 0 Å². The number of nitrogens with two attached hydrogens (primary N) is 1. The number of hydrogen-bond acceptors (Lipinski definition) is 4. The van der Waals surface area contributed by atoms with Crippen LogP contribution in [0, 0.1) is 0 Å². The first kappa shape index (κ1) is 10.2. The lowest BCUT2D eigenvalue weighted by Gasteiger charge is -2.34. The fourth-order valence-electron chi connectivity index (χ4n) is 2.16. The molecule has 3 N–H and O–H groups in total. The van der Waals surface area contributed by atoms with Gasteiger partial charge < -0.3 is 11.1 Å². The number of nitrogens with zero attached hydrogens (tertiary/aromatic N) is 2. The summed E-state index contributed by atoms with van der Waals surface area (Å²) in [6.07, 6.45) is 7.97. The highest BCUT2D eigenvalue weighted by Crippen LogP contribution is 2.30. The fourth-order valence-corrected chi connectivity index (χ4v) is 2.16. The van der Waals surface area contributed by atoms with Crippen LogP contribution in [0.15, 0.2) is 12.3 Å². The first-order valence-electron chi connectivity index (χ1n) is 5.55. The molecule has 1 aromatic heterocycles. The van der Waals surface area contributed by atoms with Crippen molar-refractivity contribution in [3.05, 3.63) is 12.3 Å². The number of nitrogens with one attached hydrogen (secondary N) is 1. The Labute approximate surface area is 90.3 Å². The van der Waals surface area contributed by atoms with Gasteiger partial charge in [0.25, 0.3) is 0 Å². The first-order chi connectivity index (χ1) is 7.18. The minimum Gasteiger partial charge on any atom is -0.384 e. The molecule has 1 aliphatic carbocycles. The van der Waals surface area contributed by atoms with Crippen molar-refractivity contribution in [3.63, 3.8) is 0 Å². The minimum atomic E-state index is 0.145. The molecular weight excluding hydrogens is 188 g/mol. The Morgan fingerprint density at radius 1 is 1.33 bits per heavy atom. The Hall–Kier alpha value is -1.32. The third kappa shape index (κ3) is 2.58. The topological polar surface area (TPSA) is 63.8 Å². The van der Waals surface area contributed by atoms with E-state index in [0.29, 0.717) is 11.8 Å². The minimum absolute atomic E-state index is 0.145. The summed E-state index contributed by atoms with van der Waals surface area (Å²) in [5.74, 6) is 1.17. The monoisotopic (exact) mass is 206 g/mol. The molecule has 0 aliphatic heterocycles. The molecule has 1 saturated carbocycles. The second-order valence-electron chi connectivity index (χ2n) is 4.55. The van der Waals surface area contributed by atoms with Gasteiger partial charge in [0.05, 0.1) is 0 Å². The molecule has 0 aromatic carbocycles. The van der Waals surface area contributed by atoms with Crippen LogP contribution in [0.1, 0.15) is 39.0 Å². The van der Waals surface area contributed by atoms with Crippen molar-refractivity contribution in [2.45, 2.75) is 44.6 Å². The summed E-state index contributed by atoms with van der Waals surface area (Å²) in [6, 6.07) is 1.70. The van der Waals surface area contributed by atoms with Gasteiger partial charge in [0, 0.05) is 11.7 Å². The highest BCUT2D eigenvalue weighted by Gasteiger charge is 2.27. The van der Waals surface area contributed by atoms with E-state index in [4.69, 9.17) is 5.73 Å². The van der Waals surface area contributed by atoms with Crippen LogP contribution >= 0.6 is 0 Å². The van der Waals surface area contributed by atoms with Crippen LogP contribution in [0.25, 0.3) is 0 Å². The third-order valence-corrected chi connectivity index (χ3v) is 3.05. The smallest absolute Gasteiger partial charge is 0.225 e. The molecule has 2 rings (SSSR count). The maximum absolute atomic E-state index is 5.62. The molecule has 4 nitrogen and oxygen atoms in total. The van der Waals surface area contributed by atoms with Crippen molar-refractivity contribution < 1.29 is 0 Å². The van der Waals surface area contributed by atoms with E-state index in [-0.39, 0.29) is 5.54 Å². The van der Waals surface area contributed by atoms with Gasteiger partial charge >= 0.3 is 0 Å². The summed E-state index contributed by atoms with van der Waals surface area (Å²) in [5.41, 5.74) is 5.76. The van der Waals surface area contributed by atoms with Gasteiger partial charge in [-0.25, -0.2) is 4.98 Å². The standard InChI is InChI=1S/C11H18N4/c1-11(6-3-2-4-7-11)15-10-13-8-5-9(12)14-10/h5,8H,2-4,6-7H2,1H3,(H3,12,13,14,15). The van der Waals surface area contributed by atoms with Crippen LogP contribution in [-0.2, 0) is 0 Å². The summed E-state index contributed by atoms with van der Waals surface area (Å²) in [5, 5.41) is 3.40. The SMILES string of the molecule is CC1(Nc2nccc(N)n2)CCCCC1. The molecule has 0 amide bonds. The molecule has 4 heteroatoms. The molecule has 1 aliphatic rings. The van der Waals surface area contributed by atoms with E-state index in [1.807, 2.05) is 0 Å². The van der Waals surface area contributed by atoms with Crippen LogP contribution in [0.5, 0.6) is 0 Å². The van der Waals surface area contributed by atoms with Crippen molar-refractivity contribution in [1.82, 2.24) is 9.97 Å². The molecule has 0 atom stereocenters. The predicted molar refractivity (Wildman–Crippen MR) is 61.6 cm³/mol. The first-order valence-corrected chi connectivity index (χ1v) is 5.55. The number of hydrogen-bond donors (Lipinski definition) is 2. The van der Waals surface area contributed by atoms with Crippen LogP contribution in [-0.4, -0.2) is 15.5 Å². The maximum Gasteiger partial charge on any atom is 0.225 e. The Morgan fingerprint density at radius 3 is 2.73 bits per heavy atom. The van der Waals surface area contributed by atoms with Crippen LogP contribution in [0.2, 0.25) is 0 Å². The van der Waals surface area contributed by atoms with Gasteiger partial charge in [-0.05, 0) is 25.8 Å². The summed E-state index contributed by atoms with van der Waals surface area (Å²) >= 11 is 0. The molecule has 1 fully saturated rings. The Bertz CT molecular complexity index is 331. The lowest BCUT2D eigenvalue weighted by molar-refractivity contribution is 0.347. The number of aromatic nitrogens is 2. The van der Waals surface area contributed by atoms with Crippen molar-refractivity contribution in [2.75, 3.05) is 11.1 Å². The second-order valence-corrected chi connectivity index (χ2v) is 4.55. The van der Waals surface area contributed by atoms with E-state index in [0.717, 1.165) is 0 Å². The summed E-state index contributed by atoms with van der Waals surface area (Å²) in [6.45, 7) is 2.23. The van der Waals surface area contributed by atoms with Crippen molar-refractivity contribution in [2.24, 2.45) is 0 Å². The highest BCUT2D eigenvalue weighted by atomic mass is 15.1. The van der Waals surface area contributed by atoms with E-state index in [1.54, 1.807) is 12.3 Å². The average Bonchev–Trinajstić information content (AvgIpc) is 2.18. The van der Waals surface area contributed by atoms with Gasteiger partial charge in [-0.2, -0.15) is 4.98 Å². The van der Waals surface area contributed by atoms with Gasteiger partial charge in [-0.1, -0.05) is 19.3 Å². The van der Waals surface area contributed by atoms with Gasteiger partial charge in [0.1, 0.15) is 5.82 Å². The molecule has 82 valence electrons. The zero-order valence-corrected chi connectivity index (χ0v) is 9.16. The van der Waals surface area contributed by atoms with E-state index in [1.165, 1.54) is 32.1 Å². The Morgan fingerprint density at radius 2 is 2.07 bits per heavy atom. The molecule has 0 saturated heterocycles. The summed E-state index contributed by atoms with van der Waals surface area (Å²) in [4.78, 5) is 8.34. The molecule has 0 radical (unpaired) electrons. The van der Waals surface area contributed by atoms with Crippen molar-refractivity contribution >= 4 is 11.8 Å². The quantitative estimate of drug-likeness (QED) is 0.778. The van der Waals surface area contributed by atoms with Crippen molar-refractivity contribution in [1.29, 1.82) is 0 Å². The fraction of sp³-hybridized carbons (Fsp3) is 0.636. The van der Waals surface area contributed by atoms with Gasteiger partial charge in [0.2, 0.25) is 5.95 Å². The summed E-state index contributed by atoms with van der Waals surface area (Å²) in [7, 11) is 0. The predicted octanol–water partition coefficient (Wildman–Crippen LogP) is 2.19. The van der Waals surface area contributed by atoms with Crippen LogP contribution in [0.3, 0.4) is 0 Å². The normalized spacial score (nSPS) is 19.8. The second kappa shape index (κ2) is 4.04. The summed E-state index contributed by atoms with van der Waals surface area (Å²) < 4.78 is 0. The molecule has 1 heterocycles.